The standard InChI is InChI=1S/C4H4F3N3O2S2/c5-4(6,7)13-3-1-2-9-10(3)14(8,11)12/h1-2H,(H2,8,11,12). The SMILES string of the molecule is NS(=O)(=O)n1nccc1SC(F)(F)F. The number of nitrogens with zero attached hydrogens (tertiary/aromatic N) is 2. The number of rotatable bonds is 2. The predicted octanol–water partition coefficient (Wildman–Crippen LogP) is 0.547. The van der Waals surface area contributed by atoms with Crippen molar-refractivity contribution in [3.63, 3.8) is 0 Å². The summed E-state index contributed by atoms with van der Waals surface area (Å²) < 4.78 is 57.1. The molecule has 5 nitrogen and oxygen atoms in total. The minimum atomic E-state index is -4.58. The fourth-order valence-corrected chi connectivity index (χ4v) is 2.07. The zero-order chi connectivity index (χ0) is 11.0. The Bertz CT molecular complexity index is 423. The molecule has 0 aromatic carbocycles. The molecule has 1 aromatic rings. The summed E-state index contributed by atoms with van der Waals surface area (Å²) >= 11 is -0.598. The smallest absolute Gasteiger partial charge is 0.209 e. The third-order valence-corrected chi connectivity index (χ3v) is 2.68. The second-order valence-corrected chi connectivity index (χ2v) is 4.57. The van der Waals surface area contributed by atoms with Gasteiger partial charge in [-0.25, -0.2) is 5.14 Å². The van der Waals surface area contributed by atoms with E-state index in [1.807, 2.05) is 0 Å². The first-order valence-electron chi connectivity index (χ1n) is 3.03. The van der Waals surface area contributed by atoms with Crippen LogP contribution in [-0.4, -0.2) is 23.1 Å². The highest BCUT2D eigenvalue weighted by molar-refractivity contribution is 8.00. The average molecular weight is 247 g/mol. The van der Waals surface area contributed by atoms with E-state index in [-0.39, 0.29) is 4.09 Å². The number of thioether (sulfide) groups is 1. The number of nitrogens with two attached hydrogens (primary N) is 1. The molecule has 2 N–H and O–H groups in total. The van der Waals surface area contributed by atoms with Crippen molar-refractivity contribution in [3.8, 4) is 0 Å². The first-order valence-corrected chi connectivity index (χ1v) is 5.35. The van der Waals surface area contributed by atoms with Gasteiger partial charge in [0, 0.05) is 11.8 Å². The molecule has 0 aliphatic rings. The highest BCUT2D eigenvalue weighted by Gasteiger charge is 2.32. The van der Waals surface area contributed by atoms with Gasteiger partial charge in [0.2, 0.25) is 0 Å². The molecule has 0 unspecified atom stereocenters. The van der Waals surface area contributed by atoms with E-state index in [1.54, 1.807) is 0 Å². The van der Waals surface area contributed by atoms with Crippen molar-refractivity contribution in [2.75, 3.05) is 0 Å². The predicted molar refractivity (Wildman–Crippen MR) is 42.6 cm³/mol. The van der Waals surface area contributed by atoms with Crippen LogP contribution in [0.1, 0.15) is 0 Å². The summed E-state index contributed by atoms with van der Waals surface area (Å²) in [5, 5.41) is 7.17. The van der Waals surface area contributed by atoms with Crippen LogP contribution in [0.2, 0.25) is 0 Å². The van der Waals surface area contributed by atoms with Crippen LogP contribution in [0, 0.1) is 0 Å². The molecule has 1 heterocycles. The Hall–Kier alpha value is -0.740. The molecule has 0 aliphatic carbocycles. The minimum absolute atomic E-state index is 0.116. The minimum Gasteiger partial charge on any atom is -0.209 e. The van der Waals surface area contributed by atoms with Crippen molar-refractivity contribution in [2.24, 2.45) is 5.14 Å². The van der Waals surface area contributed by atoms with E-state index in [2.05, 4.69) is 10.2 Å². The Morgan fingerprint density at radius 3 is 2.50 bits per heavy atom. The quantitative estimate of drug-likeness (QED) is 0.774. The monoisotopic (exact) mass is 247 g/mol. The number of hydrogen-bond acceptors (Lipinski definition) is 4. The number of halogens is 3. The molecule has 1 rings (SSSR count). The van der Waals surface area contributed by atoms with Gasteiger partial charge in [-0.2, -0.15) is 26.7 Å². The highest BCUT2D eigenvalue weighted by Crippen LogP contribution is 2.36. The van der Waals surface area contributed by atoms with Gasteiger partial charge in [0.25, 0.3) is 0 Å². The lowest BCUT2D eigenvalue weighted by atomic mass is 10.8. The third-order valence-electron chi connectivity index (χ3n) is 1.04. The van der Waals surface area contributed by atoms with Crippen LogP contribution in [0.15, 0.2) is 17.3 Å². The van der Waals surface area contributed by atoms with Crippen LogP contribution in [0.5, 0.6) is 0 Å². The first kappa shape index (κ1) is 11.3. The van der Waals surface area contributed by atoms with Gasteiger partial charge in [0.1, 0.15) is 5.03 Å². The molecule has 0 spiro atoms. The molecule has 0 amide bonds. The molecular formula is C4H4F3N3O2S2. The Morgan fingerprint density at radius 1 is 1.50 bits per heavy atom. The van der Waals surface area contributed by atoms with Crippen LogP contribution >= 0.6 is 11.8 Å². The van der Waals surface area contributed by atoms with E-state index in [4.69, 9.17) is 0 Å². The summed E-state index contributed by atoms with van der Waals surface area (Å²) in [6.07, 6.45) is 0.915. The summed E-state index contributed by atoms with van der Waals surface area (Å²) in [4.78, 5) is 0. The molecular weight excluding hydrogens is 243 g/mol. The molecule has 0 radical (unpaired) electrons. The molecule has 0 fully saturated rings. The summed E-state index contributed by atoms with van der Waals surface area (Å²) in [6, 6.07) is 0.905. The zero-order valence-corrected chi connectivity index (χ0v) is 8.03. The third kappa shape index (κ3) is 2.89. The molecule has 10 heteroatoms. The lowest BCUT2D eigenvalue weighted by molar-refractivity contribution is -0.0329. The molecule has 80 valence electrons. The highest BCUT2D eigenvalue weighted by atomic mass is 32.2. The molecule has 0 bridgehead atoms. The summed E-state index contributed by atoms with van der Waals surface area (Å²) in [6.45, 7) is 0. The Morgan fingerprint density at radius 2 is 2.07 bits per heavy atom. The molecule has 14 heavy (non-hydrogen) atoms. The maximum absolute atomic E-state index is 11.9. The van der Waals surface area contributed by atoms with E-state index < -0.39 is 32.5 Å². The van der Waals surface area contributed by atoms with Gasteiger partial charge in [0.15, 0.2) is 0 Å². The molecule has 0 atom stereocenters. The Labute approximate surface area is 81.3 Å². The maximum atomic E-state index is 11.9. The van der Waals surface area contributed by atoms with Crippen molar-refractivity contribution < 1.29 is 21.6 Å². The number of hydrogen-bond donors (Lipinski definition) is 1. The Kier molecular flexibility index (Phi) is 2.78. The molecule has 0 saturated carbocycles. The van der Waals surface area contributed by atoms with Crippen molar-refractivity contribution in [1.29, 1.82) is 0 Å². The first-order chi connectivity index (χ1) is 6.20. The van der Waals surface area contributed by atoms with Crippen LogP contribution in [-0.2, 0) is 10.2 Å². The number of aromatic nitrogens is 2. The second-order valence-electron chi connectivity index (χ2n) is 2.11. The fraction of sp³-hybridized carbons (Fsp3) is 0.250. The van der Waals surface area contributed by atoms with Crippen molar-refractivity contribution in [1.82, 2.24) is 9.19 Å². The lowest BCUT2D eigenvalue weighted by Gasteiger charge is -2.06. The summed E-state index contributed by atoms with van der Waals surface area (Å²) in [7, 11) is -4.28. The topological polar surface area (TPSA) is 78.0 Å². The normalized spacial score (nSPS) is 13.1. The summed E-state index contributed by atoms with van der Waals surface area (Å²) in [5.41, 5.74) is -4.58. The van der Waals surface area contributed by atoms with Crippen LogP contribution in [0.25, 0.3) is 0 Å². The van der Waals surface area contributed by atoms with Gasteiger partial charge >= 0.3 is 15.7 Å². The van der Waals surface area contributed by atoms with Gasteiger partial charge in [0.05, 0.1) is 6.20 Å². The van der Waals surface area contributed by atoms with Crippen LogP contribution in [0.3, 0.4) is 0 Å². The van der Waals surface area contributed by atoms with Gasteiger partial charge in [-0.15, -0.1) is 4.09 Å². The van der Waals surface area contributed by atoms with Crippen molar-refractivity contribution >= 4 is 22.0 Å². The van der Waals surface area contributed by atoms with Gasteiger partial charge in [-0.1, -0.05) is 0 Å². The lowest BCUT2D eigenvalue weighted by Crippen LogP contribution is -2.24. The van der Waals surface area contributed by atoms with Crippen LogP contribution in [0.4, 0.5) is 13.2 Å². The molecule has 1 aromatic heterocycles. The van der Waals surface area contributed by atoms with Crippen molar-refractivity contribution in [2.45, 2.75) is 10.5 Å². The van der Waals surface area contributed by atoms with E-state index in [9.17, 15) is 21.6 Å². The van der Waals surface area contributed by atoms with Crippen molar-refractivity contribution in [3.05, 3.63) is 12.3 Å². The number of alkyl halides is 3. The van der Waals surface area contributed by atoms with E-state index in [0.29, 0.717) is 0 Å². The molecule has 0 saturated heterocycles. The summed E-state index contributed by atoms with van der Waals surface area (Å²) in [5.74, 6) is 0. The van der Waals surface area contributed by atoms with Crippen LogP contribution < -0.4 is 5.14 Å². The second kappa shape index (κ2) is 3.44. The zero-order valence-electron chi connectivity index (χ0n) is 6.39. The van der Waals surface area contributed by atoms with E-state index >= 15 is 0 Å². The average Bonchev–Trinajstić information content (AvgIpc) is 2.29. The van der Waals surface area contributed by atoms with Gasteiger partial charge in [-0.3, -0.25) is 0 Å². The van der Waals surface area contributed by atoms with Gasteiger partial charge in [-0.05, 0) is 6.07 Å². The van der Waals surface area contributed by atoms with E-state index in [1.165, 1.54) is 0 Å². The largest absolute Gasteiger partial charge is 0.447 e. The Balaban J connectivity index is 3.07. The molecule has 0 aliphatic heterocycles. The maximum Gasteiger partial charge on any atom is 0.447 e. The van der Waals surface area contributed by atoms with Gasteiger partial charge < -0.3 is 0 Å². The fourth-order valence-electron chi connectivity index (χ4n) is 0.661. The van der Waals surface area contributed by atoms with E-state index in [0.717, 1.165) is 12.3 Å².